The monoisotopic (exact) mass is 518 g/mol. The van der Waals surface area contributed by atoms with E-state index in [2.05, 4.69) is 42.3 Å². The highest BCUT2D eigenvalue weighted by molar-refractivity contribution is 4.84. The average Bonchev–Trinajstić information content (AvgIpc) is 3.28. The van der Waals surface area contributed by atoms with Crippen LogP contribution in [-0.4, -0.2) is 4.57 Å². The molecule has 0 fully saturated rings. The molecule has 0 aliphatic rings. The Hall–Kier alpha value is -0.790. The van der Waals surface area contributed by atoms with Crippen molar-refractivity contribution in [3.63, 3.8) is 0 Å². The van der Waals surface area contributed by atoms with Gasteiger partial charge in [-0.3, -0.25) is 0 Å². The molecule has 0 unspecified atom stereocenters. The Kier molecular flexibility index (Phi) is 24.8. The molecular weight excluding hydrogens is 448 g/mol. The highest BCUT2D eigenvalue weighted by atomic mass is 15.1. The first-order chi connectivity index (χ1) is 18.3. The molecule has 2 nitrogen and oxygen atoms in total. The molecular formula is C35H69N2+. The minimum Gasteiger partial charge on any atom is -0.234 e. The molecule has 0 saturated carbocycles. The van der Waals surface area contributed by atoms with Gasteiger partial charge in [0.2, 0.25) is 0 Å². The lowest BCUT2D eigenvalue weighted by atomic mass is 10.0. The van der Waals surface area contributed by atoms with Gasteiger partial charge in [0.15, 0.2) is 0 Å². The average molecular weight is 518 g/mol. The van der Waals surface area contributed by atoms with E-state index in [-0.39, 0.29) is 0 Å². The molecule has 1 aromatic rings. The van der Waals surface area contributed by atoms with E-state index in [4.69, 9.17) is 0 Å². The lowest BCUT2D eigenvalue weighted by Gasteiger charge is -2.06. The van der Waals surface area contributed by atoms with Gasteiger partial charge in [0.1, 0.15) is 12.4 Å². The van der Waals surface area contributed by atoms with Gasteiger partial charge in [0.25, 0.3) is 5.82 Å². The lowest BCUT2D eigenvalue weighted by molar-refractivity contribution is -0.703. The highest BCUT2D eigenvalue weighted by Crippen LogP contribution is 2.15. The van der Waals surface area contributed by atoms with Gasteiger partial charge in [0.05, 0.1) is 13.1 Å². The first-order valence-corrected chi connectivity index (χ1v) is 17.4. The fourth-order valence-corrected chi connectivity index (χ4v) is 5.86. The smallest absolute Gasteiger partial charge is 0.234 e. The van der Waals surface area contributed by atoms with Crippen molar-refractivity contribution in [1.82, 2.24) is 4.57 Å². The Bertz CT molecular complexity index is 576. The van der Waals surface area contributed by atoms with Crippen molar-refractivity contribution in [3.05, 3.63) is 18.2 Å². The fourth-order valence-electron chi connectivity index (χ4n) is 5.86. The molecule has 0 amide bonds. The normalized spacial score (nSPS) is 11.5. The summed E-state index contributed by atoms with van der Waals surface area (Å²) in [6.07, 6.45) is 43.1. The maximum Gasteiger partial charge on any atom is 0.256 e. The highest BCUT2D eigenvalue weighted by Gasteiger charge is 2.15. The number of aromatic nitrogens is 2. The summed E-state index contributed by atoms with van der Waals surface area (Å²) in [6, 6.07) is 0. The van der Waals surface area contributed by atoms with Gasteiger partial charge in [-0.05, 0) is 25.7 Å². The second kappa shape index (κ2) is 26.8. The molecule has 1 rings (SSSR count). The van der Waals surface area contributed by atoms with E-state index in [1.165, 1.54) is 186 Å². The summed E-state index contributed by atoms with van der Waals surface area (Å²) in [7, 11) is 0. The summed E-state index contributed by atoms with van der Waals surface area (Å²) in [5.41, 5.74) is 0. The first kappa shape index (κ1) is 34.2. The summed E-state index contributed by atoms with van der Waals surface area (Å²) < 4.78 is 5.13. The zero-order valence-electron chi connectivity index (χ0n) is 26.1. The Morgan fingerprint density at radius 2 is 0.838 bits per heavy atom. The summed E-state index contributed by atoms with van der Waals surface area (Å²) >= 11 is 0. The topological polar surface area (TPSA) is 8.81 Å². The molecule has 0 aliphatic carbocycles. The summed E-state index contributed by atoms with van der Waals surface area (Å²) in [5.74, 6) is 1.59. The van der Waals surface area contributed by atoms with Crippen LogP contribution in [0.4, 0.5) is 0 Å². The minimum absolute atomic E-state index is 1.18. The maximum absolute atomic E-state index is 2.59. The van der Waals surface area contributed by atoms with Gasteiger partial charge < -0.3 is 0 Å². The fraction of sp³-hybridized carbons (Fsp3) is 0.914. The van der Waals surface area contributed by atoms with Crippen molar-refractivity contribution in [2.75, 3.05) is 0 Å². The van der Waals surface area contributed by atoms with E-state index < -0.39 is 0 Å². The van der Waals surface area contributed by atoms with Crippen molar-refractivity contribution in [2.24, 2.45) is 0 Å². The van der Waals surface area contributed by atoms with Crippen LogP contribution in [0.3, 0.4) is 0 Å². The Morgan fingerprint density at radius 1 is 0.459 bits per heavy atom. The molecule has 0 aliphatic heterocycles. The molecule has 0 spiro atoms. The molecule has 0 atom stereocenters. The quantitative estimate of drug-likeness (QED) is 0.0737. The van der Waals surface area contributed by atoms with Crippen LogP contribution in [0.5, 0.6) is 0 Å². The lowest BCUT2D eigenvalue weighted by Crippen LogP contribution is -2.37. The van der Waals surface area contributed by atoms with Crippen molar-refractivity contribution < 1.29 is 4.57 Å². The van der Waals surface area contributed by atoms with Crippen LogP contribution >= 0.6 is 0 Å². The summed E-state index contributed by atoms with van der Waals surface area (Å²) in [5, 5.41) is 0. The van der Waals surface area contributed by atoms with Crippen LogP contribution in [0, 0.1) is 0 Å². The Balaban J connectivity index is 2.08. The molecule has 1 aromatic heterocycles. The Labute approximate surface area is 234 Å². The molecule has 2 heteroatoms. The molecule has 218 valence electrons. The van der Waals surface area contributed by atoms with Gasteiger partial charge in [-0.25, -0.2) is 9.13 Å². The molecule has 37 heavy (non-hydrogen) atoms. The molecule has 0 aromatic carbocycles. The summed E-state index contributed by atoms with van der Waals surface area (Å²) in [6.45, 7) is 9.33. The predicted molar refractivity (Wildman–Crippen MR) is 165 cm³/mol. The maximum atomic E-state index is 2.59. The van der Waals surface area contributed by atoms with E-state index in [0.717, 1.165) is 0 Å². The number of hydrogen-bond acceptors (Lipinski definition) is 0. The van der Waals surface area contributed by atoms with Gasteiger partial charge in [0, 0.05) is 6.42 Å². The third-order valence-corrected chi connectivity index (χ3v) is 8.31. The number of nitrogens with zero attached hydrogens (tertiary/aromatic N) is 2. The van der Waals surface area contributed by atoms with E-state index in [9.17, 15) is 0 Å². The van der Waals surface area contributed by atoms with Crippen LogP contribution in [0.2, 0.25) is 0 Å². The zero-order valence-corrected chi connectivity index (χ0v) is 26.1. The van der Waals surface area contributed by atoms with E-state index >= 15 is 0 Å². The van der Waals surface area contributed by atoms with Crippen LogP contribution in [-0.2, 0) is 19.5 Å². The molecule has 0 radical (unpaired) electrons. The molecule has 0 bridgehead atoms. The second-order valence-electron chi connectivity index (χ2n) is 12.0. The molecule has 1 heterocycles. The third kappa shape index (κ3) is 19.9. The number of unbranched alkanes of at least 4 members (excludes halogenated alkanes) is 23. The van der Waals surface area contributed by atoms with Crippen LogP contribution in [0.15, 0.2) is 12.4 Å². The third-order valence-electron chi connectivity index (χ3n) is 8.31. The number of aryl methyl sites for hydroxylation is 2. The van der Waals surface area contributed by atoms with E-state index in [1.54, 1.807) is 5.82 Å². The van der Waals surface area contributed by atoms with Gasteiger partial charge >= 0.3 is 0 Å². The van der Waals surface area contributed by atoms with Gasteiger partial charge in [-0.2, -0.15) is 0 Å². The van der Waals surface area contributed by atoms with Crippen molar-refractivity contribution in [3.8, 4) is 0 Å². The number of imidazole rings is 1. The number of hydrogen-bond donors (Lipinski definition) is 0. The summed E-state index contributed by atoms with van der Waals surface area (Å²) in [4.78, 5) is 0. The van der Waals surface area contributed by atoms with Gasteiger partial charge in [-0.15, -0.1) is 0 Å². The van der Waals surface area contributed by atoms with Crippen LogP contribution in [0.1, 0.15) is 194 Å². The second-order valence-corrected chi connectivity index (χ2v) is 12.0. The standard InChI is InChI=1S/C35H69N2/c1-4-7-9-11-13-15-17-19-20-22-24-26-28-30-35-36(31-6-3)33-34-37(35)32-29-27-25-23-21-18-16-14-12-10-8-5-2/h33-34H,4-32H2,1-3H3/q+1. The van der Waals surface area contributed by atoms with Crippen LogP contribution in [0.25, 0.3) is 0 Å². The van der Waals surface area contributed by atoms with Crippen molar-refractivity contribution >= 4 is 0 Å². The number of rotatable bonds is 29. The van der Waals surface area contributed by atoms with E-state index in [1.807, 2.05) is 0 Å². The Morgan fingerprint density at radius 3 is 1.24 bits per heavy atom. The molecule has 0 N–H and O–H groups in total. The van der Waals surface area contributed by atoms with Crippen molar-refractivity contribution in [2.45, 2.75) is 207 Å². The van der Waals surface area contributed by atoms with E-state index in [0.29, 0.717) is 0 Å². The zero-order chi connectivity index (χ0) is 26.7. The minimum atomic E-state index is 1.18. The van der Waals surface area contributed by atoms with Crippen LogP contribution < -0.4 is 4.57 Å². The first-order valence-electron chi connectivity index (χ1n) is 17.4. The predicted octanol–water partition coefficient (Wildman–Crippen LogP) is 11.5. The SMILES string of the molecule is CCCCCCCCCCCCCCCc1n(CCCCCCCCCCCCCC)cc[n+]1CCC. The molecule has 0 saturated heterocycles. The van der Waals surface area contributed by atoms with Crippen molar-refractivity contribution in [1.29, 1.82) is 0 Å². The van der Waals surface area contributed by atoms with Gasteiger partial charge in [-0.1, -0.05) is 162 Å². The largest absolute Gasteiger partial charge is 0.256 e.